The van der Waals surface area contributed by atoms with Gasteiger partial charge >= 0.3 is 0 Å². The maximum atomic E-state index is 12.5. The Morgan fingerprint density at radius 3 is 2.96 bits per heavy atom. The molecule has 0 aliphatic carbocycles. The molecular weight excluding hydrogens is 312 g/mol. The van der Waals surface area contributed by atoms with Gasteiger partial charge in [0.25, 0.3) is 5.91 Å². The van der Waals surface area contributed by atoms with Crippen LogP contribution < -0.4 is 0 Å². The van der Waals surface area contributed by atoms with Gasteiger partial charge in [0, 0.05) is 26.8 Å². The van der Waals surface area contributed by atoms with Crippen LogP contribution in [0.4, 0.5) is 0 Å². The zero-order valence-corrected chi connectivity index (χ0v) is 14.1. The van der Waals surface area contributed by atoms with Crippen molar-refractivity contribution in [1.82, 2.24) is 20.0 Å². The zero-order valence-electron chi connectivity index (χ0n) is 14.1. The lowest BCUT2D eigenvalue weighted by Gasteiger charge is -2.35. The van der Waals surface area contributed by atoms with Crippen LogP contribution in [0.3, 0.4) is 0 Å². The van der Waals surface area contributed by atoms with Gasteiger partial charge in [-0.3, -0.25) is 14.7 Å². The van der Waals surface area contributed by atoms with Crippen LogP contribution in [-0.2, 0) is 14.3 Å². The van der Waals surface area contributed by atoms with Crippen molar-refractivity contribution in [2.75, 3.05) is 33.9 Å². The molecule has 0 radical (unpaired) electrons. The minimum absolute atomic E-state index is 0.0107. The molecule has 8 nitrogen and oxygen atoms in total. The van der Waals surface area contributed by atoms with Crippen LogP contribution in [0, 0.1) is 0 Å². The van der Waals surface area contributed by atoms with E-state index in [2.05, 4.69) is 10.2 Å². The van der Waals surface area contributed by atoms with Crippen molar-refractivity contribution < 1.29 is 19.1 Å². The number of nitrogens with zero attached hydrogens (tertiary/aromatic N) is 3. The molecule has 0 spiro atoms. The van der Waals surface area contributed by atoms with Crippen molar-refractivity contribution in [3.63, 3.8) is 0 Å². The topological polar surface area (TPSA) is 87.8 Å². The van der Waals surface area contributed by atoms with Crippen LogP contribution in [0.5, 0.6) is 0 Å². The van der Waals surface area contributed by atoms with Gasteiger partial charge in [0.15, 0.2) is 0 Å². The molecule has 3 rings (SSSR count). The maximum absolute atomic E-state index is 12.5. The summed E-state index contributed by atoms with van der Waals surface area (Å²) < 4.78 is 11.5. The molecule has 2 aliphatic rings. The molecule has 1 aromatic rings. The molecule has 8 heteroatoms. The second-order valence-electron chi connectivity index (χ2n) is 6.50. The summed E-state index contributed by atoms with van der Waals surface area (Å²) >= 11 is 0. The fourth-order valence-corrected chi connectivity index (χ4v) is 3.31. The van der Waals surface area contributed by atoms with Crippen molar-refractivity contribution in [2.24, 2.45) is 0 Å². The van der Waals surface area contributed by atoms with E-state index in [9.17, 15) is 9.59 Å². The molecule has 0 unspecified atom stereocenters. The van der Waals surface area contributed by atoms with Crippen LogP contribution >= 0.6 is 0 Å². The normalized spacial score (nSPS) is 26.2. The summed E-state index contributed by atoms with van der Waals surface area (Å²) in [6, 6.07) is 1.80. The number of rotatable bonds is 5. The number of hydrogen-bond acceptors (Lipinski definition) is 5. The van der Waals surface area contributed by atoms with Crippen molar-refractivity contribution >= 4 is 11.8 Å². The monoisotopic (exact) mass is 336 g/mol. The molecule has 2 aliphatic heterocycles. The summed E-state index contributed by atoms with van der Waals surface area (Å²) in [6.07, 6.45) is 4.16. The number of likely N-dealkylation sites (N-methyl/N-ethyl adjacent to an activating group) is 1. The highest BCUT2D eigenvalue weighted by Gasteiger charge is 2.42. The summed E-state index contributed by atoms with van der Waals surface area (Å²) in [5, 5.41) is 6.57. The van der Waals surface area contributed by atoms with E-state index in [0.29, 0.717) is 18.8 Å². The molecule has 3 atom stereocenters. The third-order valence-corrected chi connectivity index (χ3v) is 4.66. The van der Waals surface area contributed by atoms with Crippen molar-refractivity contribution in [3.8, 4) is 0 Å². The summed E-state index contributed by atoms with van der Waals surface area (Å²) in [4.78, 5) is 27.4. The van der Waals surface area contributed by atoms with Gasteiger partial charge in [0.1, 0.15) is 12.3 Å². The Labute approximate surface area is 141 Å². The molecule has 132 valence electrons. The highest BCUT2D eigenvalue weighted by Crippen LogP contribution is 2.32. The van der Waals surface area contributed by atoms with Crippen molar-refractivity contribution in [3.05, 3.63) is 18.0 Å². The number of fused-ring (bicyclic) bond motifs is 1. The molecule has 1 N–H and O–H groups in total. The lowest BCUT2D eigenvalue weighted by Crippen LogP contribution is -2.46. The number of nitrogens with one attached hydrogen (secondary N) is 1. The lowest BCUT2D eigenvalue weighted by molar-refractivity contribution is -0.138. The first-order valence-corrected chi connectivity index (χ1v) is 8.30. The second-order valence-corrected chi connectivity index (χ2v) is 6.50. The quantitative estimate of drug-likeness (QED) is 0.834. The molecule has 1 aromatic heterocycles. The molecule has 0 saturated carbocycles. The Balaban J connectivity index is 1.48. The Kier molecular flexibility index (Phi) is 5.15. The predicted octanol–water partition coefficient (Wildman–Crippen LogP) is 0.277. The van der Waals surface area contributed by atoms with E-state index < -0.39 is 0 Å². The van der Waals surface area contributed by atoms with Crippen LogP contribution in [-0.4, -0.2) is 83.9 Å². The number of carbonyl (C=O) groups excluding carboxylic acids is 2. The molecule has 3 heterocycles. The van der Waals surface area contributed by atoms with Gasteiger partial charge in [-0.25, -0.2) is 0 Å². The molecule has 2 saturated heterocycles. The Morgan fingerprint density at radius 2 is 2.25 bits per heavy atom. The number of likely N-dealkylation sites (tertiary alicyclic amines) is 1. The zero-order chi connectivity index (χ0) is 17.1. The number of H-pyrrole nitrogens is 1. The van der Waals surface area contributed by atoms with E-state index in [1.54, 1.807) is 26.4 Å². The largest absolute Gasteiger partial charge is 0.370 e. The molecular formula is C16H24N4O4. The van der Waals surface area contributed by atoms with E-state index in [1.807, 2.05) is 4.90 Å². The summed E-state index contributed by atoms with van der Waals surface area (Å²) in [7, 11) is 3.41. The summed E-state index contributed by atoms with van der Waals surface area (Å²) in [5.41, 5.74) is 0.517. The Hall–Kier alpha value is -1.93. The fourth-order valence-electron chi connectivity index (χ4n) is 3.31. The molecule has 2 amide bonds. The van der Waals surface area contributed by atoms with E-state index in [0.717, 1.165) is 19.3 Å². The minimum Gasteiger partial charge on any atom is -0.370 e. The first-order chi connectivity index (χ1) is 11.6. The van der Waals surface area contributed by atoms with Gasteiger partial charge in [0.05, 0.1) is 24.9 Å². The predicted molar refractivity (Wildman–Crippen MR) is 85.4 cm³/mol. The lowest BCUT2D eigenvalue weighted by atomic mass is 9.99. The first kappa shape index (κ1) is 16.9. The molecule has 24 heavy (non-hydrogen) atoms. The standard InChI is InChI=1S/C16H24N4O4/c1-19(2)15(21)10-23-9-11-3-4-13-14(24-11)6-8-20(13)16(22)12-5-7-17-18-12/h5,7,11,13-14H,3-4,6,8-10H2,1-2H3,(H,17,18)/t11-,13+,14+/m0/s1. The second kappa shape index (κ2) is 7.31. The number of aromatic amines is 1. The Morgan fingerprint density at radius 1 is 1.42 bits per heavy atom. The highest BCUT2D eigenvalue weighted by molar-refractivity contribution is 5.92. The van der Waals surface area contributed by atoms with Gasteiger partial charge in [-0.1, -0.05) is 0 Å². The SMILES string of the molecule is CN(C)C(=O)COC[C@@H]1CC[C@@H]2[C@@H](CCN2C(=O)c2ccn[nH]2)O1. The molecule has 2 fully saturated rings. The average Bonchev–Trinajstić information content (AvgIpc) is 3.23. The maximum Gasteiger partial charge on any atom is 0.272 e. The van der Waals surface area contributed by atoms with Gasteiger partial charge in [-0.2, -0.15) is 5.10 Å². The van der Waals surface area contributed by atoms with E-state index in [-0.39, 0.29) is 36.7 Å². The number of carbonyl (C=O) groups is 2. The van der Waals surface area contributed by atoms with Crippen LogP contribution in [0.15, 0.2) is 12.3 Å². The summed E-state index contributed by atoms with van der Waals surface area (Å²) in [6.45, 7) is 1.18. The van der Waals surface area contributed by atoms with E-state index in [4.69, 9.17) is 9.47 Å². The van der Waals surface area contributed by atoms with Gasteiger partial charge in [0.2, 0.25) is 5.91 Å². The van der Waals surface area contributed by atoms with Gasteiger partial charge in [-0.05, 0) is 25.3 Å². The third-order valence-electron chi connectivity index (χ3n) is 4.66. The van der Waals surface area contributed by atoms with Gasteiger partial charge < -0.3 is 19.3 Å². The minimum atomic E-state index is -0.0547. The van der Waals surface area contributed by atoms with Crippen LogP contribution in [0.2, 0.25) is 0 Å². The fraction of sp³-hybridized carbons (Fsp3) is 0.688. The van der Waals surface area contributed by atoms with Crippen LogP contribution in [0.1, 0.15) is 29.8 Å². The number of hydrogen-bond donors (Lipinski definition) is 1. The first-order valence-electron chi connectivity index (χ1n) is 8.30. The van der Waals surface area contributed by atoms with Gasteiger partial charge in [-0.15, -0.1) is 0 Å². The highest BCUT2D eigenvalue weighted by atomic mass is 16.5. The van der Waals surface area contributed by atoms with E-state index in [1.165, 1.54) is 4.90 Å². The number of aromatic nitrogens is 2. The smallest absolute Gasteiger partial charge is 0.272 e. The summed E-state index contributed by atoms with van der Waals surface area (Å²) in [5.74, 6) is -0.0734. The number of ether oxygens (including phenoxy) is 2. The third kappa shape index (κ3) is 3.59. The Bertz CT molecular complexity index is 575. The van der Waals surface area contributed by atoms with E-state index >= 15 is 0 Å². The van der Waals surface area contributed by atoms with Crippen LogP contribution in [0.25, 0.3) is 0 Å². The molecule has 0 bridgehead atoms. The van der Waals surface area contributed by atoms with Crippen molar-refractivity contribution in [1.29, 1.82) is 0 Å². The number of amides is 2. The van der Waals surface area contributed by atoms with Crippen molar-refractivity contribution in [2.45, 2.75) is 37.5 Å². The molecule has 0 aromatic carbocycles. The average molecular weight is 336 g/mol.